The molecule has 1 aliphatic carbocycles. The summed E-state index contributed by atoms with van der Waals surface area (Å²) in [5.74, 6) is 0.259. The van der Waals surface area contributed by atoms with Gasteiger partial charge in [0, 0.05) is 18.3 Å². The van der Waals surface area contributed by atoms with Gasteiger partial charge in [0.05, 0.1) is 5.92 Å². The molecule has 1 aromatic carbocycles. The molecule has 4 heteroatoms. The number of hydrogen-bond acceptors (Lipinski definition) is 2. The molecule has 1 saturated carbocycles. The molecule has 2 N–H and O–H groups in total. The maximum atomic E-state index is 12.4. The minimum absolute atomic E-state index is 0.0114. The van der Waals surface area contributed by atoms with Crippen LogP contribution in [0, 0.1) is 17.3 Å². The quantitative estimate of drug-likeness (QED) is 0.830. The van der Waals surface area contributed by atoms with Gasteiger partial charge in [0.25, 0.3) is 0 Å². The van der Waals surface area contributed by atoms with E-state index in [9.17, 15) is 9.59 Å². The maximum absolute atomic E-state index is 12.4. The van der Waals surface area contributed by atoms with Gasteiger partial charge in [-0.25, -0.2) is 0 Å². The smallest absolute Gasteiger partial charge is 0.228 e. The van der Waals surface area contributed by atoms with Crippen LogP contribution in [0.4, 0.5) is 11.4 Å². The number of benzene rings is 1. The van der Waals surface area contributed by atoms with Crippen molar-refractivity contribution < 1.29 is 9.59 Å². The minimum atomic E-state index is -0.110. The van der Waals surface area contributed by atoms with E-state index in [1.165, 1.54) is 12.5 Å². The summed E-state index contributed by atoms with van der Waals surface area (Å²) in [6.45, 7) is 9.84. The Morgan fingerprint density at radius 3 is 1.95 bits per heavy atom. The zero-order chi connectivity index (χ0) is 16.5. The second kappa shape index (κ2) is 5.95. The first-order chi connectivity index (χ1) is 10.2. The summed E-state index contributed by atoms with van der Waals surface area (Å²) in [6, 6.07) is 7.16. The third-order valence-electron chi connectivity index (χ3n) is 4.18. The lowest BCUT2D eigenvalue weighted by molar-refractivity contribution is -0.118. The summed E-state index contributed by atoms with van der Waals surface area (Å²) >= 11 is 0. The Morgan fingerprint density at radius 2 is 1.50 bits per heavy atom. The van der Waals surface area contributed by atoms with Crippen molar-refractivity contribution in [2.24, 2.45) is 17.3 Å². The van der Waals surface area contributed by atoms with E-state index in [-0.39, 0.29) is 23.1 Å². The van der Waals surface area contributed by atoms with Gasteiger partial charge in [-0.3, -0.25) is 9.59 Å². The topological polar surface area (TPSA) is 58.2 Å². The van der Waals surface area contributed by atoms with Gasteiger partial charge in [-0.2, -0.15) is 0 Å². The number of amides is 2. The van der Waals surface area contributed by atoms with Crippen LogP contribution in [-0.2, 0) is 9.59 Å². The number of nitrogens with one attached hydrogen (secondary N) is 2. The average Bonchev–Trinajstić information content (AvgIpc) is 2.91. The summed E-state index contributed by atoms with van der Waals surface area (Å²) < 4.78 is 0. The Kier molecular flexibility index (Phi) is 4.40. The Labute approximate surface area is 132 Å². The van der Waals surface area contributed by atoms with E-state index in [0.717, 1.165) is 11.4 Å². The average molecular weight is 300 g/mol. The first-order valence-corrected chi connectivity index (χ1v) is 7.55. The van der Waals surface area contributed by atoms with E-state index >= 15 is 0 Å². The number of allylic oxidation sites excluding steroid dienone is 2. The van der Waals surface area contributed by atoms with E-state index in [2.05, 4.69) is 44.4 Å². The molecular formula is C18H24N2O2. The van der Waals surface area contributed by atoms with Crippen molar-refractivity contribution in [3.63, 3.8) is 0 Å². The van der Waals surface area contributed by atoms with Crippen LogP contribution < -0.4 is 10.6 Å². The second-order valence-corrected chi connectivity index (χ2v) is 6.82. The highest BCUT2D eigenvalue weighted by atomic mass is 16.2. The van der Waals surface area contributed by atoms with Crippen molar-refractivity contribution in [1.29, 1.82) is 0 Å². The van der Waals surface area contributed by atoms with Crippen LogP contribution in [0.1, 0.15) is 34.6 Å². The number of rotatable bonds is 4. The van der Waals surface area contributed by atoms with Crippen molar-refractivity contribution in [2.75, 3.05) is 10.6 Å². The third-order valence-corrected chi connectivity index (χ3v) is 4.18. The van der Waals surface area contributed by atoms with E-state index in [0.29, 0.717) is 5.92 Å². The molecule has 2 amide bonds. The van der Waals surface area contributed by atoms with Gasteiger partial charge in [0.2, 0.25) is 11.8 Å². The van der Waals surface area contributed by atoms with Gasteiger partial charge in [-0.05, 0) is 49.4 Å². The molecule has 118 valence electrons. The van der Waals surface area contributed by atoms with Gasteiger partial charge in [-0.15, -0.1) is 0 Å². The monoisotopic (exact) mass is 300 g/mol. The molecule has 0 radical (unpaired) electrons. The predicted octanol–water partition coefficient (Wildman–Crippen LogP) is 3.82. The van der Waals surface area contributed by atoms with Crippen molar-refractivity contribution in [1.82, 2.24) is 0 Å². The minimum Gasteiger partial charge on any atom is -0.326 e. The zero-order valence-electron chi connectivity index (χ0n) is 13.9. The molecule has 0 unspecified atom stereocenters. The lowest BCUT2D eigenvalue weighted by atomic mass is 10.1. The van der Waals surface area contributed by atoms with E-state index in [1.807, 2.05) is 0 Å². The molecule has 1 aliphatic rings. The zero-order valence-corrected chi connectivity index (χ0v) is 13.9. The van der Waals surface area contributed by atoms with Crippen LogP contribution >= 0.6 is 0 Å². The molecule has 0 aromatic heterocycles. The number of carbonyl (C=O) groups excluding carboxylic acids is 2. The van der Waals surface area contributed by atoms with E-state index in [1.54, 1.807) is 24.3 Å². The molecule has 0 saturated heterocycles. The molecule has 0 spiro atoms. The molecule has 2 rings (SSSR count). The second-order valence-electron chi connectivity index (χ2n) is 6.82. The summed E-state index contributed by atoms with van der Waals surface area (Å²) in [5.41, 5.74) is 2.72. The maximum Gasteiger partial charge on any atom is 0.228 e. The third kappa shape index (κ3) is 3.56. The van der Waals surface area contributed by atoms with Crippen LogP contribution in [0.5, 0.6) is 0 Å². The van der Waals surface area contributed by atoms with Crippen LogP contribution in [0.3, 0.4) is 0 Å². The van der Waals surface area contributed by atoms with Crippen LogP contribution in [0.25, 0.3) is 0 Å². The molecule has 0 heterocycles. The SMILES string of the molecule is CC(=O)Nc1ccc(NC(=O)[C@@H]2[C@H](C=C(C)C)C2(C)C)cc1. The lowest BCUT2D eigenvalue weighted by Gasteiger charge is -2.07. The van der Waals surface area contributed by atoms with Gasteiger partial charge in [0.1, 0.15) is 0 Å². The molecule has 1 aromatic rings. The highest BCUT2D eigenvalue weighted by molar-refractivity contribution is 5.96. The van der Waals surface area contributed by atoms with Gasteiger partial charge < -0.3 is 10.6 Å². The fraction of sp³-hybridized carbons (Fsp3) is 0.444. The highest BCUT2D eigenvalue weighted by Gasteiger charge is 2.60. The van der Waals surface area contributed by atoms with Crippen LogP contribution in [-0.4, -0.2) is 11.8 Å². The molecular weight excluding hydrogens is 276 g/mol. The van der Waals surface area contributed by atoms with Crippen molar-refractivity contribution in [3.8, 4) is 0 Å². The van der Waals surface area contributed by atoms with Crippen molar-refractivity contribution in [3.05, 3.63) is 35.9 Å². The standard InChI is InChI=1S/C18H24N2O2/c1-11(2)10-15-16(18(15,4)5)17(22)20-14-8-6-13(7-9-14)19-12(3)21/h6-10,15-16H,1-5H3,(H,19,21)(H,20,22)/t15-,16-/m0/s1. The largest absolute Gasteiger partial charge is 0.326 e. The fourth-order valence-electron chi connectivity index (χ4n) is 2.91. The summed E-state index contributed by atoms with van der Waals surface area (Å²) in [6.07, 6.45) is 2.18. The Hall–Kier alpha value is -2.10. The Balaban J connectivity index is 2.01. The Morgan fingerprint density at radius 1 is 1.00 bits per heavy atom. The Bertz CT molecular complexity index is 610. The van der Waals surface area contributed by atoms with Crippen molar-refractivity contribution in [2.45, 2.75) is 34.6 Å². The summed E-state index contributed by atoms with van der Waals surface area (Å²) in [4.78, 5) is 23.4. The van der Waals surface area contributed by atoms with Crippen LogP contribution in [0.2, 0.25) is 0 Å². The van der Waals surface area contributed by atoms with Crippen LogP contribution in [0.15, 0.2) is 35.9 Å². The first kappa shape index (κ1) is 16.3. The normalized spacial score (nSPS) is 21.7. The first-order valence-electron chi connectivity index (χ1n) is 7.55. The molecule has 0 bridgehead atoms. The van der Waals surface area contributed by atoms with E-state index in [4.69, 9.17) is 0 Å². The summed E-state index contributed by atoms with van der Waals surface area (Å²) in [5, 5.41) is 5.67. The summed E-state index contributed by atoms with van der Waals surface area (Å²) in [7, 11) is 0. The predicted molar refractivity (Wildman–Crippen MR) is 89.6 cm³/mol. The highest BCUT2D eigenvalue weighted by Crippen LogP contribution is 2.59. The fourth-order valence-corrected chi connectivity index (χ4v) is 2.91. The molecule has 4 nitrogen and oxygen atoms in total. The molecule has 0 aliphatic heterocycles. The van der Waals surface area contributed by atoms with Gasteiger partial charge in [-0.1, -0.05) is 25.5 Å². The molecule has 2 atom stereocenters. The molecule has 1 fully saturated rings. The number of hydrogen-bond donors (Lipinski definition) is 2. The number of carbonyl (C=O) groups is 2. The van der Waals surface area contributed by atoms with Gasteiger partial charge in [0.15, 0.2) is 0 Å². The molecule has 22 heavy (non-hydrogen) atoms. The number of anilines is 2. The van der Waals surface area contributed by atoms with Crippen molar-refractivity contribution >= 4 is 23.2 Å². The van der Waals surface area contributed by atoms with Gasteiger partial charge >= 0.3 is 0 Å². The van der Waals surface area contributed by atoms with E-state index < -0.39 is 0 Å². The lowest BCUT2D eigenvalue weighted by Crippen LogP contribution is -2.16.